The molecule has 1 aromatic rings. The Balaban J connectivity index is 2.05. The summed E-state index contributed by atoms with van der Waals surface area (Å²) in [6.45, 7) is 4.27. The molecule has 0 spiro atoms. The van der Waals surface area contributed by atoms with Gasteiger partial charge in [-0.3, -0.25) is 9.59 Å². The number of methoxy groups -OCH3 is 1. The highest BCUT2D eigenvalue weighted by Gasteiger charge is 2.39. The van der Waals surface area contributed by atoms with Gasteiger partial charge in [0.1, 0.15) is 6.61 Å². The topological polar surface area (TPSA) is 49.9 Å². The van der Waals surface area contributed by atoms with Crippen molar-refractivity contribution in [3.8, 4) is 0 Å². The number of hydrogen-bond donors (Lipinski definition) is 0. The third-order valence-electron chi connectivity index (χ3n) is 4.67. The van der Waals surface area contributed by atoms with Crippen LogP contribution in [-0.4, -0.2) is 61.0 Å². The summed E-state index contributed by atoms with van der Waals surface area (Å²) in [4.78, 5) is 27.8. The molecule has 0 saturated carbocycles. The summed E-state index contributed by atoms with van der Waals surface area (Å²) >= 11 is 0. The number of ether oxygens (including phenoxy) is 1. The van der Waals surface area contributed by atoms with Crippen LogP contribution in [0, 0.1) is 0 Å². The Bertz CT molecular complexity index is 546. The summed E-state index contributed by atoms with van der Waals surface area (Å²) in [7, 11) is 3.11. The number of carbonyl (C=O) groups is 2. The predicted molar refractivity (Wildman–Crippen MR) is 89.1 cm³/mol. The molecule has 5 heteroatoms. The quantitative estimate of drug-likeness (QED) is 0.833. The standard InChI is InChI=1S/C18H26N2O3/c1-13-10-16(15-8-6-5-7-9-15)14(2)20(13)17(21)11-19(3)18(22)12-23-4/h5-9,13-14,16H,10-12H2,1-4H3/t13-,14-,16-/m1/s1. The van der Waals surface area contributed by atoms with E-state index in [1.54, 1.807) is 7.05 Å². The van der Waals surface area contributed by atoms with Crippen LogP contribution in [0.25, 0.3) is 0 Å². The first kappa shape index (κ1) is 17.5. The number of benzene rings is 1. The fourth-order valence-corrected chi connectivity index (χ4v) is 3.47. The maximum atomic E-state index is 12.7. The number of carbonyl (C=O) groups excluding carboxylic acids is 2. The van der Waals surface area contributed by atoms with E-state index in [1.807, 2.05) is 23.1 Å². The molecule has 0 aliphatic carbocycles. The monoisotopic (exact) mass is 318 g/mol. The predicted octanol–water partition coefficient (Wildman–Crippen LogP) is 1.88. The zero-order chi connectivity index (χ0) is 17.0. The minimum Gasteiger partial charge on any atom is -0.375 e. The highest BCUT2D eigenvalue weighted by Crippen LogP contribution is 2.37. The maximum absolute atomic E-state index is 12.7. The van der Waals surface area contributed by atoms with Gasteiger partial charge in [-0.25, -0.2) is 0 Å². The van der Waals surface area contributed by atoms with Gasteiger partial charge in [-0.1, -0.05) is 30.3 Å². The number of rotatable bonds is 5. The summed E-state index contributed by atoms with van der Waals surface area (Å²) in [5, 5.41) is 0. The number of amides is 2. The lowest BCUT2D eigenvalue weighted by Gasteiger charge is -2.30. The molecule has 0 aromatic heterocycles. The van der Waals surface area contributed by atoms with E-state index in [1.165, 1.54) is 17.6 Å². The fourth-order valence-electron chi connectivity index (χ4n) is 3.47. The zero-order valence-electron chi connectivity index (χ0n) is 14.4. The van der Waals surface area contributed by atoms with Gasteiger partial charge in [-0.05, 0) is 25.8 Å². The second-order valence-corrected chi connectivity index (χ2v) is 6.33. The Morgan fingerprint density at radius 3 is 2.52 bits per heavy atom. The molecular formula is C18H26N2O3. The van der Waals surface area contributed by atoms with Gasteiger partial charge in [0, 0.05) is 32.2 Å². The van der Waals surface area contributed by atoms with Crippen LogP contribution < -0.4 is 0 Å². The van der Waals surface area contributed by atoms with Crippen LogP contribution in [0.3, 0.4) is 0 Å². The van der Waals surface area contributed by atoms with Gasteiger partial charge in [0.05, 0.1) is 6.54 Å². The lowest BCUT2D eigenvalue weighted by Crippen LogP contribution is -2.46. The molecule has 2 amide bonds. The lowest BCUT2D eigenvalue weighted by atomic mass is 9.92. The molecule has 126 valence electrons. The molecule has 0 N–H and O–H groups in total. The second kappa shape index (κ2) is 7.59. The molecule has 1 heterocycles. The van der Waals surface area contributed by atoms with Gasteiger partial charge in [-0.2, -0.15) is 0 Å². The van der Waals surface area contributed by atoms with Crippen LogP contribution >= 0.6 is 0 Å². The molecule has 0 radical (unpaired) electrons. The molecule has 1 aliphatic heterocycles. The van der Waals surface area contributed by atoms with E-state index in [9.17, 15) is 9.59 Å². The minimum atomic E-state index is -0.181. The van der Waals surface area contributed by atoms with Crippen molar-refractivity contribution >= 4 is 11.8 Å². The summed E-state index contributed by atoms with van der Waals surface area (Å²) in [6, 6.07) is 10.6. The largest absolute Gasteiger partial charge is 0.375 e. The van der Waals surface area contributed by atoms with E-state index in [0.717, 1.165) is 6.42 Å². The highest BCUT2D eigenvalue weighted by molar-refractivity contribution is 5.85. The number of likely N-dealkylation sites (N-methyl/N-ethyl adjacent to an activating group) is 1. The van der Waals surface area contributed by atoms with Gasteiger partial charge in [-0.15, -0.1) is 0 Å². The first-order valence-corrected chi connectivity index (χ1v) is 8.04. The Hall–Kier alpha value is -1.88. The molecular weight excluding hydrogens is 292 g/mol. The van der Waals surface area contributed by atoms with Gasteiger partial charge in [0.25, 0.3) is 0 Å². The van der Waals surface area contributed by atoms with Crippen LogP contribution in [-0.2, 0) is 14.3 Å². The first-order valence-electron chi connectivity index (χ1n) is 8.04. The molecule has 0 unspecified atom stereocenters. The highest BCUT2D eigenvalue weighted by atomic mass is 16.5. The zero-order valence-corrected chi connectivity index (χ0v) is 14.4. The Labute approximate surface area is 138 Å². The fraction of sp³-hybridized carbons (Fsp3) is 0.556. The molecule has 1 saturated heterocycles. The molecule has 1 fully saturated rings. The molecule has 0 bridgehead atoms. The first-order chi connectivity index (χ1) is 11.0. The normalized spacial score (nSPS) is 23.8. The molecule has 2 rings (SSSR count). The minimum absolute atomic E-state index is 0.00152. The smallest absolute Gasteiger partial charge is 0.248 e. The van der Waals surface area contributed by atoms with Crippen molar-refractivity contribution in [2.24, 2.45) is 0 Å². The Kier molecular flexibility index (Phi) is 5.77. The summed E-state index contributed by atoms with van der Waals surface area (Å²) in [5.74, 6) is 0.158. The van der Waals surface area contributed by atoms with Crippen molar-refractivity contribution in [1.29, 1.82) is 0 Å². The van der Waals surface area contributed by atoms with Gasteiger partial charge in [0.15, 0.2) is 0 Å². The summed E-state index contributed by atoms with van der Waals surface area (Å²) < 4.78 is 4.83. The van der Waals surface area contributed by atoms with Crippen LogP contribution in [0.1, 0.15) is 31.7 Å². The average molecular weight is 318 g/mol. The van der Waals surface area contributed by atoms with Crippen LogP contribution in [0.4, 0.5) is 0 Å². The molecule has 3 atom stereocenters. The number of likely N-dealkylation sites (tertiary alicyclic amines) is 1. The average Bonchev–Trinajstić information content (AvgIpc) is 2.83. The van der Waals surface area contributed by atoms with E-state index in [4.69, 9.17) is 4.74 Å². The van der Waals surface area contributed by atoms with Gasteiger partial charge < -0.3 is 14.5 Å². The van der Waals surface area contributed by atoms with Crippen molar-refractivity contribution in [2.45, 2.75) is 38.3 Å². The van der Waals surface area contributed by atoms with E-state index < -0.39 is 0 Å². The van der Waals surface area contributed by atoms with E-state index in [-0.39, 0.29) is 37.0 Å². The van der Waals surface area contributed by atoms with E-state index in [0.29, 0.717) is 5.92 Å². The van der Waals surface area contributed by atoms with E-state index >= 15 is 0 Å². The van der Waals surface area contributed by atoms with Crippen molar-refractivity contribution in [3.05, 3.63) is 35.9 Å². The van der Waals surface area contributed by atoms with E-state index in [2.05, 4.69) is 26.0 Å². The molecule has 5 nitrogen and oxygen atoms in total. The molecule has 1 aliphatic rings. The van der Waals surface area contributed by atoms with Gasteiger partial charge >= 0.3 is 0 Å². The summed E-state index contributed by atoms with van der Waals surface area (Å²) in [5.41, 5.74) is 1.27. The number of nitrogens with zero attached hydrogens (tertiary/aromatic N) is 2. The van der Waals surface area contributed by atoms with Crippen LogP contribution in [0.2, 0.25) is 0 Å². The second-order valence-electron chi connectivity index (χ2n) is 6.33. The van der Waals surface area contributed by atoms with Crippen molar-refractivity contribution in [3.63, 3.8) is 0 Å². The SMILES string of the molecule is COCC(=O)N(C)CC(=O)N1[C@H](C)C[C@@H](c2ccccc2)[C@H]1C. The molecule has 23 heavy (non-hydrogen) atoms. The lowest BCUT2D eigenvalue weighted by molar-refractivity contribution is -0.142. The van der Waals surface area contributed by atoms with Crippen molar-refractivity contribution in [2.75, 3.05) is 27.3 Å². The van der Waals surface area contributed by atoms with Crippen molar-refractivity contribution in [1.82, 2.24) is 9.80 Å². The van der Waals surface area contributed by atoms with Crippen LogP contribution in [0.5, 0.6) is 0 Å². The number of hydrogen-bond acceptors (Lipinski definition) is 3. The van der Waals surface area contributed by atoms with Crippen LogP contribution in [0.15, 0.2) is 30.3 Å². The Morgan fingerprint density at radius 2 is 1.91 bits per heavy atom. The molecule has 1 aromatic carbocycles. The van der Waals surface area contributed by atoms with Crippen molar-refractivity contribution < 1.29 is 14.3 Å². The summed E-state index contributed by atoms with van der Waals surface area (Å²) in [6.07, 6.45) is 0.951. The third kappa shape index (κ3) is 3.91. The maximum Gasteiger partial charge on any atom is 0.248 e. The Morgan fingerprint density at radius 1 is 1.26 bits per heavy atom. The van der Waals surface area contributed by atoms with Gasteiger partial charge in [0.2, 0.25) is 11.8 Å². The third-order valence-corrected chi connectivity index (χ3v) is 4.67.